The summed E-state index contributed by atoms with van der Waals surface area (Å²) in [6, 6.07) is 17.8. The molecule has 0 N–H and O–H groups in total. The average Bonchev–Trinajstić information content (AvgIpc) is 2.59. The lowest BCUT2D eigenvalue weighted by Gasteiger charge is -2.08. The van der Waals surface area contributed by atoms with Gasteiger partial charge in [-0.3, -0.25) is 0 Å². The molecule has 0 aliphatic carbocycles. The Morgan fingerprint density at radius 3 is 2.11 bits per heavy atom. The van der Waals surface area contributed by atoms with Gasteiger partial charge in [-0.15, -0.1) is 0 Å². The Bertz CT molecular complexity index is 791. The third-order valence-corrected chi connectivity index (χ3v) is 3.82. The topological polar surface area (TPSA) is 18.5 Å². The summed E-state index contributed by atoms with van der Waals surface area (Å²) in [4.78, 5) is 0. The van der Waals surface area contributed by atoms with Crippen LogP contribution in [0.5, 0.6) is 23.0 Å². The van der Waals surface area contributed by atoms with Crippen LogP contribution in [-0.4, -0.2) is 0 Å². The number of fused-ring (bicyclic) bond motifs is 1. The zero-order chi connectivity index (χ0) is 12.8. The molecule has 0 saturated carbocycles. The van der Waals surface area contributed by atoms with Crippen LogP contribution in [0.4, 0.5) is 0 Å². The van der Waals surface area contributed by atoms with E-state index in [1.807, 2.05) is 42.5 Å². The van der Waals surface area contributed by atoms with Crippen LogP contribution in [-0.2, 0) is 0 Å². The maximum absolute atomic E-state index is 6.03. The van der Waals surface area contributed by atoms with Crippen LogP contribution in [0.3, 0.4) is 0 Å². The summed E-state index contributed by atoms with van der Waals surface area (Å²) in [6.45, 7) is 0. The quantitative estimate of drug-likeness (QED) is 0.427. The number of hydrogen-bond acceptors (Lipinski definition) is 2. The van der Waals surface area contributed by atoms with Crippen LogP contribution in [0, 0.1) is 0 Å². The molecule has 1 heterocycles. The highest BCUT2D eigenvalue weighted by atomic mass is 79.9. The first-order valence-electron chi connectivity index (χ1n) is 5.99. The molecule has 0 spiro atoms. The Kier molecular flexibility index (Phi) is 2.29. The van der Waals surface area contributed by atoms with Gasteiger partial charge in [0.05, 0.1) is 9.86 Å². The van der Waals surface area contributed by atoms with E-state index in [4.69, 9.17) is 9.47 Å². The molecule has 3 aromatic rings. The minimum absolute atomic E-state index is 0.714. The molecule has 0 atom stereocenters. The smallest absolute Gasteiger partial charge is 0.184 e. The second-order valence-corrected chi connectivity index (χ2v) is 5.24. The molecular weight excluding hydrogens is 304 g/mol. The van der Waals surface area contributed by atoms with Gasteiger partial charge in [-0.25, -0.2) is 0 Å². The molecule has 3 aromatic carbocycles. The Morgan fingerprint density at radius 1 is 0.684 bits per heavy atom. The van der Waals surface area contributed by atoms with Crippen molar-refractivity contribution in [2.75, 3.05) is 0 Å². The number of ether oxygens (including phenoxy) is 2. The average molecular weight is 313 g/mol. The summed E-state index contributed by atoms with van der Waals surface area (Å²) < 4.78 is 12.9. The van der Waals surface area contributed by atoms with Crippen molar-refractivity contribution in [1.82, 2.24) is 0 Å². The van der Waals surface area contributed by atoms with Gasteiger partial charge in [-0.1, -0.05) is 30.3 Å². The number of hydrogen-bond donors (Lipinski definition) is 0. The maximum Gasteiger partial charge on any atom is 0.184 e. The highest BCUT2D eigenvalue weighted by Crippen LogP contribution is 2.47. The highest BCUT2D eigenvalue weighted by molar-refractivity contribution is 9.10. The lowest BCUT2D eigenvalue weighted by atomic mass is 10.1. The predicted molar refractivity (Wildman–Crippen MR) is 78.2 cm³/mol. The van der Waals surface area contributed by atoms with Crippen molar-refractivity contribution in [3.05, 3.63) is 59.1 Å². The van der Waals surface area contributed by atoms with Crippen molar-refractivity contribution < 1.29 is 9.47 Å². The fourth-order valence-corrected chi connectivity index (χ4v) is 2.77. The number of para-hydroxylation sites is 1. The van der Waals surface area contributed by atoms with E-state index < -0.39 is 0 Å². The molecule has 0 amide bonds. The van der Waals surface area contributed by atoms with Gasteiger partial charge in [0.25, 0.3) is 0 Å². The minimum atomic E-state index is 0.714. The normalized spacial score (nSPS) is 12.3. The van der Waals surface area contributed by atoms with E-state index in [0.717, 1.165) is 32.5 Å². The molecular formula is C16H9BrO2. The second-order valence-electron chi connectivity index (χ2n) is 4.38. The van der Waals surface area contributed by atoms with Gasteiger partial charge in [0.15, 0.2) is 11.5 Å². The summed E-state index contributed by atoms with van der Waals surface area (Å²) in [6.07, 6.45) is 0. The fraction of sp³-hybridized carbons (Fsp3) is 0. The van der Waals surface area contributed by atoms with Crippen molar-refractivity contribution >= 4 is 26.7 Å². The van der Waals surface area contributed by atoms with E-state index in [1.54, 1.807) is 0 Å². The zero-order valence-corrected chi connectivity index (χ0v) is 11.5. The van der Waals surface area contributed by atoms with Crippen LogP contribution < -0.4 is 9.47 Å². The van der Waals surface area contributed by atoms with E-state index in [-0.39, 0.29) is 0 Å². The molecule has 0 aromatic heterocycles. The number of benzene rings is 3. The largest absolute Gasteiger partial charge is 0.453 e. The molecule has 0 radical (unpaired) electrons. The lowest BCUT2D eigenvalue weighted by Crippen LogP contribution is -1.86. The molecule has 92 valence electrons. The molecule has 1 aliphatic rings. The Balaban J connectivity index is 2.08. The molecule has 0 bridgehead atoms. The molecule has 19 heavy (non-hydrogen) atoms. The minimum Gasteiger partial charge on any atom is -0.453 e. The zero-order valence-electron chi connectivity index (χ0n) is 9.89. The molecule has 2 nitrogen and oxygen atoms in total. The van der Waals surface area contributed by atoms with Crippen molar-refractivity contribution in [3.63, 3.8) is 0 Å². The van der Waals surface area contributed by atoms with Crippen molar-refractivity contribution in [3.8, 4) is 23.0 Å². The van der Waals surface area contributed by atoms with Crippen LogP contribution in [0.25, 0.3) is 10.8 Å². The van der Waals surface area contributed by atoms with Gasteiger partial charge in [0.2, 0.25) is 0 Å². The maximum atomic E-state index is 6.03. The fourth-order valence-electron chi connectivity index (χ4n) is 2.34. The first-order chi connectivity index (χ1) is 9.33. The molecule has 1 aliphatic heterocycles. The molecule has 0 saturated heterocycles. The highest BCUT2D eigenvalue weighted by Gasteiger charge is 2.19. The standard InChI is InChI=1S/C16H9BrO2/c17-11-6-3-9-14-16(11)19-13-8-2-5-10-4-1-7-12(18-14)15(10)13/h1-9H. The molecule has 4 rings (SSSR count). The monoisotopic (exact) mass is 312 g/mol. The Hall–Kier alpha value is -2.00. The van der Waals surface area contributed by atoms with E-state index in [9.17, 15) is 0 Å². The van der Waals surface area contributed by atoms with Crippen LogP contribution in [0.1, 0.15) is 0 Å². The van der Waals surface area contributed by atoms with Crippen LogP contribution in [0.2, 0.25) is 0 Å². The van der Waals surface area contributed by atoms with Gasteiger partial charge in [0, 0.05) is 0 Å². The van der Waals surface area contributed by atoms with E-state index in [2.05, 4.69) is 28.1 Å². The van der Waals surface area contributed by atoms with Gasteiger partial charge in [-0.2, -0.15) is 0 Å². The van der Waals surface area contributed by atoms with Crippen LogP contribution >= 0.6 is 15.9 Å². The van der Waals surface area contributed by atoms with Gasteiger partial charge >= 0.3 is 0 Å². The third kappa shape index (κ3) is 1.62. The number of halogens is 1. The second kappa shape index (κ2) is 4.00. The number of rotatable bonds is 0. The van der Waals surface area contributed by atoms with Crippen molar-refractivity contribution in [2.45, 2.75) is 0 Å². The summed E-state index contributed by atoms with van der Waals surface area (Å²) in [7, 11) is 0. The first kappa shape index (κ1) is 10.9. The molecule has 3 heteroatoms. The summed E-state index contributed by atoms with van der Waals surface area (Å²) in [5.74, 6) is 3.08. The molecule has 0 fully saturated rings. The predicted octanol–water partition coefficient (Wildman–Crippen LogP) is 5.50. The van der Waals surface area contributed by atoms with Gasteiger partial charge in [-0.05, 0) is 45.6 Å². The van der Waals surface area contributed by atoms with Crippen molar-refractivity contribution in [2.24, 2.45) is 0 Å². The first-order valence-corrected chi connectivity index (χ1v) is 6.78. The van der Waals surface area contributed by atoms with E-state index in [0.29, 0.717) is 5.75 Å². The Morgan fingerprint density at radius 2 is 1.32 bits per heavy atom. The summed E-state index contributed by atoms with van der Waals surface area (Å²) in [5.41, 5.74) is 0. The lowest BCUT2D eigenvalue weighted by molar-refractivity contribution is 0.437. The third-order valence-electron chi connectivity index (χ3n) is 3.19. The summed E-state index contributed by atoms with van der Waals surface area (Å²) in [5, 5.41) is 2.12. The van der Waals surface area contributed by atoms with E-state index in [1.165, 1.54) is 0 Å². The van der Waals surface area contributed by atoms with Gasteiger partial charge < -0.3 is 9.47 Å². The van der Waals surface area contributed by atoms with E-state index >= 15 is 0 Å². The summed E-state index contributed by atoms with van der Waals surface area (Å²) >= 11 is 3.50. The van der Waals surface area contributed by atoms with Gasteiger partial charge in [0.1, 0.15) is 11.5 Å². The molecule has 0 unspecified atom stereocenters. The van der Waals surface area contributed by atoms with Crippen LogP contribution in [0.15, 0.2) is 59.1 Å². The SMILES string of the molecule is Brc1cccc2c1Oc1cccc3cccc(c13)O2. The van der Waals surface area contributed by atoms with Crippen molar-refractivity contribution in [1.29, 1.82) is 0 Å². The Labute approximate surface area is 118 Å².